The van der Waals surface area contributed by atoms with Gasteiger partial charge in [-0.05, 0) is 30.4 Å². The number of anilines is 1. The molecule has 1 heterocycles. The van der Waals surface area contributed by atoms with E-state index < -0.39 is 0 Å². The number of carbonyl (C=O) groups is 2. The number of hydrogen-bond acceptors (Lipinski definition) is 3. The van der Waals surface area contributed by atoms with Crippen LogP contribution in [0.15, 0.2) is 36.4 Å². The molecular formula is C15H13NO3. The monoisotopic (exact) mass is 255 g/mol. The number of rotatable bonds is 1. The predicted molar refractivity (Wildman–Crippen MR) is 68.3 cm³/mol. The van der Waals surface area contributed by atoms with E-state index in [0.717, 1.165) is 6.42 Å². The van der Waals surface area contributed by atoms with Crippen molar-refractivity contribution in [1.82, 2.24) is 0 Å². The van der Waals surface area contributed by atoms with Gasteiger partial charge in [0, 0.05) is 6.07 Å². The highest BCUT2D eigenvalue weighted by Crippen LogP contribution is 2.53. The summed E-state index contributed by atoms with van der Waals surface area (Å²) >= 11 is 0. The highest BCUT2D eigenvalue weighted by atomic mass is 16.3. The Morgan fingerprint density at radius 3 is 2.26 bits per heavy atom. The van der Waals surface area contributed by atoms with Crippen molar-refractivity contribution in [2.24, 2.45) is 23.7 Å². The number of nitrogens with zero attached hydrogens (tertiary/aromatic N) is 1. The third-order valence-electron chi connectivity index (χ3n) is 4.56. The van der Waals surface area contributed by atoms with E-state index in [-0.39, 0.29) is 41.2 Å². The fraction of sp³-hybridized carbons (Fsp3) is 0.333. The second-order valence-electron chi connectivity index (χ2n) is 5.53. The van der Waals surface area contributed by atoms with Crippen LogP contribution < -0.4 is 4.90 Å². The smallest absolute Gasteiger partial charge is 0.238 e. The molecule has 19 heavy (non-hydrogen) atoms. The van der Waals surface area contributed by atoms with Crippen molar-refractivity contribution >= 4 is 17.5 Å². The lowest BCUT2D eigenvalue weighted by Gasteiger charge is -2.17. The third kappa shape index (κ3) is 1.28. The molecule has 1 aromatic rings. The van der Waals surface area contributed by atoms with E-state index in [1.54, 1.807) is 12.1 Å². The van der Waals surface area contributed by atoms with Crippen LogP contribution in [0, 0.1) is 23.7 Å². The first kappa shape index (κ1) is 10.8. The SMILES string of the molecule is O=C1[C@@H]2[C@H](C(=O)N1c1cccc(O)c1)[C@@H]1C=C[C@H]2C1. The Labute approximate surface area is 110 Å². The summed E-state index contributed by atoms with van der Waals surface area (Å²) in [5.74, 6) is -0.108. The lowest BCUT2D eigenvalue weighted by atomic mass is 9.85. The molecule has 1 saturated carbocycles. The zero-order chi connectivity index (χ0) is 13.1. The molecule has 4 atom stereocenters. The maximum atomic E-state index is 12.5. The summed E-state index contributed by atoms with van der Waals surface area (Å²) in [4.78, 5) is 26.2. The molecule has 1 aromatic carbocycles. The highest BCUT2D eigenvalue weighted by Gasteiger charge is 2.59. The number of fused-ring (bicyclic) bond motifs is 5. The van der Waals surface area contributed by atoms with Crippen molar-refractivity contribution < 1.29 is 14.7 Å². The predicted octanol–water partition coefficient (Wildman–Crippen LogP) is 1.70. The van der Waals surface area contributed by atoms with Gasteiger partial charge in [0.2, 0.25) is 11.8 Å². The van der Waals surface area contributed by atoms with Gasteiger partial charge in [-0.1, -0.05) is 18.2 Å². The Bertz CT molecular complexity index is 592. The van der Waals surface area contributed by atoms with Gasteiger partial charge < -0.3 is 5.11 Å². The minimum atomic E-state index is -0.190. The van der Waals surface area contributed by atoms with Crippen LogP contribution in [-0.2, 0) is 9.59 Å². The van der Waals surface area contributed by atoms with Gasteiger partial charge >= 0.3 is 0 Å². The molecule has 4 rings (SSSR count). The zero-order valence-corrected chi connectivity index (χ0v) is 10.2. The Kier molecular flexibility index (Phi) is 1.97. The first-order valence-electron chi connectivity index (χ1n) is 6.52. The third-order valence-corrected chi connectivity index (χ3v) is 4.56. The highest BCUT2D eigenvalue weighted by molar-refractivity contribution is 6.22. The average Bonchev–Trinajstić information content (AvgIpc) is 3.04. The summed E-state index contributed by atoms with van der Waals surface area (Å²) in [5.41, 5.74) is 0.476. The van der Waals surface area contributed by atoms with Gasteiger partial charge in [0.05, 0.1) is 17.5 Å². The van der Waals surface area contributed by atoms with Gasteiger partial charge in [0.1, 0.15) is 5.75 Å². The quantitative estimate of drug-likeness (QED) is 0.614. The minimum absolute atomic E-state index is 0.0660. The van der Waals surface area contributed by atoms with Crippen LogP contribution in [0.5, 0.6) is 5.75 Å². The van der Waals surface area contributed by atoms with Gasteiger partial charge in [-0.25, -0.2) is 4.90 Å². The van der Waals surface area contributed by atoms with E-state index >= 15 is 0 Å². The molecule has 4 nitrogen and oxygen atoms in total. The zero-order valence-electron chi connectivity index (χ0n) is 10.2. The number of phenols is 1. The van der Waals surface area contributed by atoms with Gasteiger partial charge in [0.15, 0.2) is 0 Å². The summed E-state index contributed by atoms with van der Waals surface area (Å²) < 4.78 is 0. The van der Waals surface area contributed by atoms with E-state index in [0.29, 0.717) is 5.69 Å². The first-order chi connectivity index (χ1) is 9.16. The molecule has 0 unspecified atom stereocenters. The molecule has 2 bridgehead atoms. The maximum Gasteiger partial charge on any atom is 0.238 e. The van der Waals surface area contributed by atoms with Crippen molar-refractivity contribution in [3.8, 4) is 5.75 Å². The van der Waals surface area contributed by atoms with E-state index in [1.807, 2.05) is 0 Å². The number of carbonyl (C=O) groups excluding carboxylic acids is 2. The van der Waals surface area contributed by atoms with Crippen molar-refractivity contribution in [1.29, 1.82) is 0 Å². The number of allylic oxidation sites excluding steroid dienone is 2. The number of amides is 2. The molecule has 0 radical (unpaired) electrons. The van der Waals surface area contributed by atoms with E-state index in [9.17, 15) is 14.7 Å². The van der Waals surface area contributed by atoms with Gasteiger partial charge in [0.25, 0.3) is 0 Å². The molecule has 2 aliphatic carbocycles. The first-order valence-corrected chi connectivity index (χ1v) is 6.52. The molecule has 96 valence electrons. The normalized spacial score (nSPS) is 35.3. The topological polar surface area (TPSA) is 57.6 Å². The fourth-order valence-electron chi connectivity index (χ4n) is 3.79. The summed E-state index contributed by atoms with van der Waals surface area (Å²) in [5, 5.41) is 9.50. The summed E-state index contributed by atoms with van der Waals surface area (Å²) in [6.45, 7) is 0. The van der Waals surface area contributed by atoms with Crippen LogP contribution in [0.4, 0.5) is 5.69 Å². The summed E-state index contributed by atoms with van der Waals surface area (Å²) in [6.07, 6.45) is 5.08. The molecule has 2 fully saturated rings. The van der Waals surface area contributed by atoms with Crippen LogP contribution in [-0.4, -0.2) is 16.9 Å². The maximum absolute atomic E-state index is 12.5. The molecule has 1 aliphatic heterocycles. The van der Waals surface area contributed by atoms with Crippen LogP contribution in [0.3, 0.4) is 0 Å². The van der Waals surface area contributed by atoms with Crippen molar-refractivity contribution in [3.05, 3.63) is 36.4 Å². The van der Waals surface area contributed by atoms with Gasteiger partial charge in [-0.3, -0.25) is 9.59 Å². The molecule has 4 heteroatoms. The van der Waals surface area contributed by atoms with Crippen molar-refractivity contribution in [3.63, 3.8) is 0 Å². The van der Waals surface area contributed by atoms with Crippen LogP contribution >= 0.6 is 0 Å². The standard InChI is InChI=1S/C15H13NO3/c17-11-3-1-2-10(7-11)16-14(18)12-8-4-5-9(6-8)13(12)15(16)19/h1-5,7-9,12-13,17H,6H2/t8-,9+,12-,13+. The largest absolute Gasteiger partial charge is 0.508 e. The molecule has 0 aromatic heterocycles. The van der Waals surface area contributed by atoms with E-state index in [2.05, 4.69) is 12.2 Å². The average molecular weight is 255 g/mol. The Morgan fingerprint density at radius 1 is 1.05 bits per heavy atom. The van der Waals surface area contributed by atoms with Crippen LogP contribution in [0.1, 0.15) is 6.42 Å². The lowest BCUT2D eigenvalue weighted by Crippen LogP contribution is -2.32. The molecular weight excluding hydrogens is 242 g/mol. The number of benzene rings is 1. The second-order valence-corrected chi connectivity index (χ2v) is 5.53. The lowest BCUT2D eigenvalue weighted by molar-refractivity contribution is -0.123. The van der Waals surface area contributed by atoms with Crippen molar-refractivity contribution in [2.75, 3.05) is 4.90 Å². The Morgan fingerprint density at radius 2 is 1.68 bits per heavy atom. The minimum Gasteiger partial charge on any atom is -0.508 e. The Hall–Kier alpha value is -2.10. The summed E-state index contributed by atoms with van der Waals surface area (Å²) in [7, 11) is 0. The number of aromatic hydroxyl groups is 1. The van der Waals surface area contributed by atoms with Gasteiger partial charge in [-0.2, -0.15) is 0 Å². The second kappa shape index (κ2) is 3.47. The van der Waals surface area contributed by atoms with E-state index in [4.69, 9.17) is 0 Å². The molecule has 0 spiro atoms. The number of imide groups is 1. The molecule has 2 amide bonds. The Balaban J connectivity index is 1.77. The van der Waals surface area contributed by atoms with Gasteiger partial charge in [-0.15, -0.1) is 0 Å². The van der Waals surface area contributed by atoms with E-state index in [1.165, 1.54) is 17.0 Å². The molecule has 1 saturated heterocycles. The molecule has 1 N–H and O–H groups in total. The van der Waals surface area contributed by atoms with Crippen molar-refractivity contribution in [2.45, 2.75) is 6.42 Å². The summed E-state index contributed by atoms with van der Waals surface area (Å²) in [6, 6.07) is 6.32. The molecule has 3 aliphatic rings. The number of hydrogen-bond donors (Lipinski definition) is 1. The van der Waals surface area contributed by atoms with Crippen LogP contribution in [0.25, 0.3) is 0 Å². The van der Waals surface area contributed by atoms with Crippen LogP contribution in [0.2, 0.25) is 0 Å². The number of phenolic OH excluding ortho intramolecular Hbond substituents is 1. The fourth-order valence-corrected chi connectivity index (χ4v) is 3.79.